The second-order valence-electron chi connectivity index (χ2n) is 5.98. The number of carbonyl (C=O) groups is 1. The predicted octanol–water partition coefficient (Wildman–Crippen LogP) is 5.43. The Labute approximate surface area is 152 Å². The van der Waals surface area contributed by atoms with Gasteiger partial charge in [0.1, 0.15) is 5.75 Å². The number of para-hydroxylation sites is 1. The molecule has 0 aliphatic rings. The molecule has 0 atom stereocenters. The number of benzene rings is 2. The standard InChI is InChI=1S/C20H24BrNO2/c1-4-5-9-16-10-11-18(17(21)12-16)22-19(23)13-24-20-14(2)7-6-8-15(20)3/h6-8,10-12H,4-5,9,13H2,1-3H3,(H,22,23). The molecule has 128 valence electrons. The Morgan fingerprint density at radius 3 is 2.50 bits per heavy atom. The first-order valence-corrected chi connectivity index (χ1v) is 9.08. The van der Waals surface area contributed by atoms with Crippen molar-refractivity contribution in [2.24, 2.45) is 0 Å². The van der Waals surface area contributed by atoms with Gasteiger partial charge >= 0.3 is 0 Å². The Kier molecular flexibility index (Phi) is 6.85. The Morgan fingerprint density at radius 2 is 1.88 bits per heavy atom. The predicted molar refractivity (Wildman–Crippen MR) is 103 cm³/mol. The molecule has 0 unspecified atom stereocenters. The van der Waals surface area contributed by atoms with E-state index in [0.717, 1.165) is 33.5 Å². The number of nitrogens with one attached hydrogen (secondary N) is 1. The van der Waals surface area contributed by atoms with E-state index < -0.39 is 0 Å². The number of anilines is 1. The van der Waals surface area contributed by atoms with Gasteiger partial charge in [-0.05, 0) is 71.4 Å². The minimum absolute atomic E-state index is 0.00425. The van der Waals surface area contributed by atoms with Crippen LogP contribution in [-0.2, 0) is 11.2 Å². The first-order chi connectivity index (χ1) is 11.5. The molecule has 0 saturated carbocycles. The fourth-order valence-electron chi connectivity index (χ4n) is 2.55. The normalized spacial score (nSPS) is 10.5. The average Bonchev–Trinajstić information content (AvgIpc) is 2.54. The van der Waals surface area contributed by atoms with Crippen molar-refractivity contribution in [2.75, 3.05) is 11.9 Å². The second-order valence-corrected chi connectivity index (χ2v) is 6.83. The van der Waals surface area contributed by atoms with Gasteiger partial charge in [0.15, 0.2) is 6.61 Å². The number of rotatable bonds is 7. The Bertz CT molecular complexity index is 693. The lowest BCUT2D eigenvalue weighted by molar-refractivity contribution is -0.118. The molecule has 24 heavy (non-hydrogen) atoms. The molecule has 0 radical (unpaired) electrons. The highest BCUT2D eigenvalue weighted by molar-refractivity contribution is 9.10. The van der Waals surface area contributed by atoms with E-state index in [1.54, 1.807) is 0 Å². The fourth-order valence-corrected chi connectivity index (χ4v) is 3.07. The first kappa shape index (κ1) is 18.5. The summed E-state index contributed by atoms with van der Waals surface area (Å²) in [5, 5.41) is 2.89. The summed E-state index contributed by atoms with van der Waals surface area (Å²) in [6, 6.07) is 12.0. The second kappa shape index (κ2) is 8.88. The van der Waals surface area contributed by atoms with Crippen LogP contribution >= 0.6 is 15.9 Å². The summed E-state index contributed by atoms with van der Waals surface area (Å²) >= 11 is 3.53. The quantitative estimate of drug-likeness (QED) is 0.685. The van der Waals surface area contributed by atoms with Crippen LogP contribution in [0.3, 0.4) is 0 Å². The molecule has 1 N–H and O–H groups in total. The minimum Gasteiger partial charge on any atom is -0.483 e. The van der Waals surface area contributed by atoms with Crippen molar-refractivity contribution in [1.29, 1.82) is 0 Å². The highest BCUT2D eigenvalue weighted by Crippen LogP contribution is 2.25. The van der Waals surface area contributed by atoms with Crippen molar-refractivity contribution in [2.45, 2.75) is 40.0 Å². The van der Waals surface area contributed by atoms with Crippen molar-refractivity contribution in [3.8, 4) is 5.75 Å². The van der Waals surface area contributed by atoms with Crippen LogP contribution in [-0.4, -0.2) is 12.5 Å². The molecule has 0 bridgehead atoms. The summed E-state index contributed by atoms with van der Waals surface area (Å²) in [7, 11) is 0. The summed E-state index contributed by atoms with van der Waals surface area (Å²) in [6.45, 7) is 6.13. The lowest BCUT2D eigenvalue weighted by atomic mass is 10.1. The van der Waals surface area contributed by atoms with E-state index >= 15 is 0 Å². The lowest BCUT2D eigenvalue weighted by Gasteiger charge is -2.13. The van der Waals surface area contributed by atoms with Crippen molar-refractivity contribution < 1.29 is 9.53 Å². The molecule has 0 aliphatic carbocycles. The van der Waals surface area contributed by atoms with Gasteiger partial charge < -0.3 is 10.1 Å². The largest absolute Gasteiger partial charge is 0.483 e. The third-order valence-electron chi connectivity index (χ3n) is 3.88. The van der Waals surface area contributed by atoms with Gasteiger partial charge in [0.25, 0.3) is 5.91 Å². The van der Waals surface area contributed by atoms with E-state index in [1.807, 2.05) is 38.1 Å². The van der Waals surface area contributed by atoms with E-state index in [2.05, 4.69) is 40.3 Å². The zero-order valence-electron chi connectivity index (χ0n) is 14.5. The van der Waals surface area contributed by atoms with Gasteiger partial charge in [0, 0.05) is 4.47 Å². The summed E-state index contributed by atoms with van der Waals surface area (Å²) in [4.78, 5) is 12.2. The van der Waals surface area contributed by atoms with Crippen molar-refractivity contribution in [1.82, 2.24) is 0 Å². The molecular formula is C20H24BrNO2. The Morgan fingerprint density at radius 1 is 1.17 bits per heavy atom. The molecule has 4 heteroatoms. The third-order valence-corrected chi connectivity index (χ3v) is 4.54. The number of hydrogen-bond acceptors (Lipinski definition) is 2. The van der Waals surface area contributed by atoms with Gasteiger partial charge in [-0.1, -0.05) is 37.6 Å². The Balaban J connectivity index is 1.95. The molecule has 2 aromatic rings. The maximum absolute atomic E-state index is 12.2. The molecule has 0 aromatic heterocycles. The summed E-state index contributed by atoms with van der Waals surface area (Å²) in [6.07, 6.45) is 3.40. The highest BCUT2D eigenvalue weighted by Gasteiger charge is 2.09. The number of ether oxygens (including phenoxy) is 1. The number of aryl methyl sites for hydroxylation is 3. The minimum atomic E-state index is -0.167. The maximum atomic E-state index is 12.2. The highest BCUT2D eigenvalue weighted by atomic mass is 79.9. The topological polar surface area (TPSA) is 38.3 Å². The van der Waals surface area contributed by atoms with Crippen LogP contribution in [0.25, 0.3) is 0 Å². The average molecular weight is 390 g/mol. The van der Waals surface area contributed by atoms with E-state index in [-0.39, 0.29) is 12.5 Å². The van der Waals surface area contributed by atoms with E-state index in [9.17, 15) is 4.79 Å². The van der Waals surface area contributed by atoms with E-state index in [4.69, 9.17) is 4.74 Å². The van der Waals surface area contributed by atoms with Crippen LogP contribution in [0, 0.1) is 13.8 Å². The molecule has 2 aromatic carbocycles. The molecule has 0 spiro atoms. The van der Waals surface area contributed by atoms with Crippen LogP contribution in [0.15, 0.2) is 40.9 Å². The van der Waals surface area contributed by atoms with Crippen LogP contribution in [0.4, 0.5) is 5.69 Å². The van der Waals surface area contributed by atoms with Crippen molar-refractivity contribution in [3.63, 3.8) is 0 Å². The molecule has 0 heterocycles. The van der Waals surface area contributed by atoms with E-state index in [0.29, 0.717) is 0 Å². The SMILES string of the molecule is CCCCc1ccc(NC(=O)COc2c(C)cccc2C)c(Br)c1. The third kappa shape index (κ3) is 5.10. The fraction of sp³-hybridized carbons (Fsp3) is 0.350. The number of halogens is 1. The number of hydrogen-bond donors (Lipinski definition) is 1. The van der Waals surface area contributed by atoms with Crippen LogP contribution < -0.4 is 10.1 Å². The first-order valence-electron chi connectivity index (χ1n) is 8.28. The monoisotopic (exact) mass is 389 g/mol. The molecular weight excluding hydrogens is 366 g/mol. The molecule has 0 saturated heterocycles. The number of unbranched alkanes of at least 4 members (excludes halogenated alkanes) is 1. The summed E-state index contributed by atoms with van der Waals surface area (Å²) in [5.41, 5.74) is 4.10. The smallest absolute Gasteiger partial charge is 0.262 e. The van der Waals surface area contributed by atoms with Gasteiger partial charge in [-0.3, -0.25) is 4.79 Å². The van der Waals surface area contributed by atoms with Crippen LogP contribution in [0.2, 0.25) is 0 Å². The molecule has 2 rings (SSSR count). The van der Waals surface area contributed by atoms with E-state index in [1.165, 1.54) is 18.4 Å². The van der Waals surface area contributed by atoms with Gasteiger partial charge in [0.05, 0.1) is 5.69 Å². The maximum Gasteiger partial charge on any atom is 0.262 e. The van der Waals surface area contributed by atoms with Crippen molar-refractivity contribution in [3.05, 3.63) is 57.6 Å². The van der Waals surface area contributed by atoms with Gasteiger partial charge in [0.2, 0.25) is 0 Å². The van der Waals surface area contributed by atoms with Crippen molar-refractivity contribution >= 4 is 27.5 Å². The van der Waals surface area contributed by atoms with Gasteiger partial charge in [-0.25, -0.2) is 0 Å². The molecule has 0 aliphatic heterocycles. The summed E-state index contributed by atoms with van der Waals surface area (Å²) in [5.74, 6) is 0.612. The number of carbonyl (C=O) groups excluding carboxylic acids is 1. The molecule has 3 nitrogen and oxygen atoms in total. The zero-order valence-corrected chi connectivity index (χ0v) is 16.1. The zero-order chi connectivity index (χ0) is 17.5. The van der Waals surface area contributed by atoms with Gasteiger partial charge in [-0.15, -0.1) is 0 Å². The van der Waals surface area contributed by atoms with Crippen LogP contribution in [0.5, 0.6) is 5.75 Å². The molecule has 1 amide bonds. The molecule has 0 fully saturated rings. The van der Waals surface area contributed by atoms with Gasteiger partial charge in [-0.2, -0.15) is 0 Å². The summed E-state index contributed by atoms with van der Waals surface area (Å²) < 4.78 is 6.59. The lowest BCUT2D eigenvalue weighted by Crippen LogP contribution is -2.21. The number of amides is 1. The van der Waals surface area contributed by atoms with Crippen LogP contribution in [0.1, 0.15) is 36.5 Å². The Hall–Kier alpha value is -1.81.